The second-order valence-electron chi connectivity index (χ2n) is 3.79. The van der Waals surface area contributed by atoms with Gasteiger partial charge in [-0.25, -0.2) is 4.79 Å². The van der Waals surface area contributed by atoms with E-state index in [2.05, 4.69) is 5.32 Å². The monoisotopic (exact) mass is 501 g/mol. The summed E-state index contributed by atoms with van der Waals surface area (Å²) in [5.74, 6) is -0.756. The number of carbonyl (C=O) groups is 2. The number of phenolic OH excluding ortho intramolecular Hbond substituents is 1. The van der Waals surface area contributed by atoms with E-state index in [1.807, 2.05) is 45.2 Å². The minimum atomic E-state index is -0.596. The fraction of sp³-hybridized carbons (Fsp3) is 0.231. The van der Waals surface area contributed by atoms with E-state index < -0.39 is 5.97 Å². The van der Waals surface area contributed by atoms with E-state index in [0.717, 1.165) is 0 Å². The van der Waals surface area contributed by atoms with E-state index >= 15 is 0 Å². The molecule has 1 amide bonds. The normalized spacial score (nSPS) is 11.1. The van der Waals surface area contributed by atoms with Gasteiger partial charge in [0.2, 0.25) is 5.91 Å². The molecular weight excluding hydrogens is 488 g/mol. The van der Waals surface area contributed by atoms with Crippen LogP contribution in [0.1, 0.15) is 19.4 Å². The molecule has 20 heavy (non-hydrogen) atoms. The number of ether oxygens (including phenoxy) is 1. The number of rotatable bonds is 4. The van der Waals surface area contributed by atoms with Crippen molar-refractivity contribution in [1.29, 1.82) is 0 Å². The molecule has 1 aromatic rings. The summed E-state index contributed by atoms with van der Waals surface area (Å²) < 4.78 is 6.20. The molecule has 0 bridgehead atoms. The van der Waals surface area contributed by atoms with E-state index in [1.54, 1.807) is 19.1 Å². The van der Waals surface area contributed by atoms with Crippen molar-refractivity contribution in [3.8, 4) is 5.75 Å². The summed E-state index contributed by atoms with van der Waals surface area (Å²) in [5.41, 5.74) is 0.755. The summed E-state index contributed by atoms with van der Waals surface area (Å²) in [6, 6.07) is 3.41. The summed E-state index contributed by atoms with van der Waals surface area (Å²) in [6.07, 6.45) is 1.52. The van der Waals surface area contributed by atoms with Crippen LogP contribution in [0, 0.1) is 7.14 Å². The zero-order chi connectivity index (χ0) is 15.3. The van der Waals surface area contributed by atoms with Gasteiger partial charge in [-0.2, -0.15) is 0 Å². The molecule has 0 unspecified atom stereocenters. The average Bonchev–Trinajstić information content (AvgIpc) is 2.34. The molecule has 0 radical (unpaired) electrons. The number of esters is 1. The first-order valence-corrected chi connectivity index (χ1v) is 7.85. The second kappa shape index (κ2) is 7.81. The van der Waals surface area contributed by atoms with E-state index in [4.69, 9.17) is 4.74 Å². The Hall–Kier alpha value is -0.840. The molecule has 0 fully saturated rings. The first-order valence-electron chi connectivity index (χ1n) is 5.69. The van der Waals surface area contributed by atoms with Crippen molar-refractivity contribution in [2.45, 2.75) is 13.8 Å². The van der Waals surface area contributed by atoms with Crippen molar-refractivity contribution in [1.82, 2.24) is 5.32 Å². The minimum Gasteiger partial charge on any atom is -0.506 e. The maximum atomic E-state index is 11.8. The lowest BCUT2D eigenvalue weighted by molar-refractivity contribution is -0.139. The van der Waals surface area contributed by atoms with E-state index in [9.17, 15) is 14.7 Å². The topological polar surface area (TPSA) is 75.6 Å². The van der Waals surface area contributed by atoms with Gasteiger partial charge < -0.3 is 15.2 Å². The number of nitrogens with one attached hydrogen (secondary N) is 1. The maximum absolute atomic E-state index is 11.8. The molecule has 0 heterocycles. The van der Waals surface area contributed by atoms with Gasteiger partial charge in [-0.1, -0.05) is 0 Å². The van der Waals surface area contributed by atoms with Crippen molar-refractivity contribution in [2.75, 3.05) is 6.61 Å². The van der Waals surface area contributed by atoms with Gasteiger partial charge in [-0.05, 0) is 75.9 Å². The highest BCUT2D eigenvalue weighted by Gasteiger charge is 2.13. The van der Waals surface area contributed by atoms with Crippen molar-refractivity contribution < 1.29 is 19.4 Å². The third-order valence-electron chi connectivity index (χ3n) is 2.16. The predicted octanol–water partition coefficient (Wildman–Crippen LogP) is 2.64. The Balaban J connectivity index is 3.18. The Labute approximate surface area is 144 Å². The first-order chi connectivity index (χ1) is 9.35. The molecule has 1 aromatic carbocycles. The Morgan fingerprint density at radius 1 is 1.35 bits per heavy atom. The van der Waals surface area contributed by atoms with Crippen LogP contribution in [0.2, 0.25) is 0 Å². The SMILES string of the molecule is CCOC(=O)/C(=C\c1cc(I)c(O)c(I)c1)NC(C)=O. The third-order valence-corrected chi connectivity index (χ3v) is 3.80. The minimum absolute atomic E-state index is 0.0663. The van der Waals surface area contributed by atoms with Crippen LogP contribution < -0.4 is 5.32 Å². The molecule has 0 spiro atoms. The van der Waals surface area contributed by atoms with Crippen LogP contribution in [0.4, 0.5) is 0 Å². The van der Waals surface area contributed by atoms with Gasteiger partial charge in [0.05, 0.1) is 13.7 Å². The van der Waals surface area contributed by atoms with Gasteiger partial charge >= 0.3 is 5.97 Å². The van der Waals surface area contributed by atoms with Crippen LogP contribution in [-0.4, -0.2) is 23.6 Å². The van der Waals surface area contributed by atoms with Gasteiger partial charge in [0.1, 0.15) is 11.4 Å². The summed E-state index contributed by atoms with van der Waals surface area (Å²) in [5, 5.41) is 12.2. The van der Waals surface area contributed by atoms with Crippen LogP contribution in [0.3, 0.4) is 0 Å². The molecule has 0 aromatic heterocycles. The Bertz CT molecular complexity index is 546. The molecule has 2 N–H and O–H groups in total. The average molecular weight is 501 g/mol. The molecule has 0 aliphatic carbocycles. The standard InChI is InChI=1S/C13H13I2NO4/c1-3-20-13(19)11(16-7(2)17)6-8-4-9(14)12(18)10(15)5-8/h4-6,18H,3H2,1-2H3,(H,16,17)/b11-6+. The second-order valence-corrected chi connectivity index (χ2v) is 6.12. The zero-order valence-electron chi connectivity index (χ0n) is 10.9. The zero-order valence-corrected chi connectivity index (χ0v) is 15.2. The number of aromatic hydroxyl groups is 1. The molecule has 0 saturated heterocycles. The van der Waals surface area contributed by atoms with Crippen molar-refractivity contribution in [3.05, 3.63) is 30.5 Å². The van der Waals surface area contributed by atoms with Crippen molar-refractivity contribution >= 4 is 63.1 Å². The molecule has 5 nitrogen and oxygen atoms in total. The van der Waals surface area contributed by atoms with Gasteiger partial charge in [0, 0.05) is 6.92 Å². The number of hydrogen-bond donors (Lipinski definition) is 2. The molecular formula is C13H13I2NO4. The number of halogens is 2. The van der Waals surface area contributed by atoms with E-state index in [0.29, 0.717) is 12.7 Å². The third kappa shape index (κ3) is 4.93. The summed E-state index contributed by atoms with van der Waals surface area (Å²) in [6.45, 7) is 3.23. The number of hydrogen-bond acceptors (Lipinski definition) is 4. The molecule has 108 valence electrons. The fourth-order valence-corrected chi connectivity index (χ4v) is 3.20. The predicted molar refractivity (Wildman–Crippen MR) is 92.0 cm³/mol. The van der Waals surface area contributed by atoms with Crippen molar-refractivity contribution in [2.24, 2.45) is 0 Å². The number of benzene rings is 1. The molecule has 0 saturated carbocycles. The lowest BCUT2D eigenvalue weighted by Gasteiger charge is -2.08. The van der Waals surface area contributed by atoms with E-state index in [1.165, 1.54) is 13.0 Å². The van der Waals surface area contributed by atoms with Crippen LogP contribution in [-0.2, 0) is 14.3 Å². The maximum Gasteiger partial charge on any atom is 0.354 e. The van der Waals surface area contributed by atoms with E-state index in [-0.39, 0.29) is 24.0 Å². The van der Waals surface area contributed by atoms with Gasteiger partial charge in [-0.3, -0.25) is 4.79 Å². The van der Waals surface area contributed by atoms with Gasteiger partial charge in [0.15, 0.2) is 0 Å². The lowest BCUT2D eigenvalue weighted by atomic mass is 10.2. The summed E-state index contributed by atoms with van der Waals surface area (Å²) >= 11 is 3.99. The molecule has 0 atom stereocenters. The fourth-order valence-electron chi connectivity index (χ4n) is 1.38. The first kappa shape index (κ1) is 17.2. The Kier molecular flexibility index (Phi) is 6.72. The van der Waals surface area contributed by atoms with Gasteiger partial charge in [-0.15, -0.1) is 0 Å². The van der Waals surface area contributed by atoms with Gasteiger partial charge in [0.25, 0.3) is 0 Å². The summed E-state index contributed by atoms with van der Waals surface area (Å²) in [4.78, 5) is 22.9. The lowest BCUT2D eigenvalue weighted by Crippen LogP contribution is -2.26. The van der Waals surface area contributed by atoms with Crippen LogP contribution >= 0.6 is 45.2 Å². The highest BCUT2D eigenvalue weighted by molar-refractivity contribution is 14.1. The van der Waals surface area contributed by atoms with Crippen LogP contribution in [0.5, 0.6) is 5.75 Å². The van der Waals surface area contributed by atoms with Crippen LogP contribution in [0.15, 0.2) is 17.8 Å². The quantitative estimate of drug-likeness (QED) is 0.378. The van der Waals surface area contributed by atoms with Crippen LogP contribution in [0.25, 0.3) is 6.08 Å². The molecule has 0 aliphatic rings. The molecule has 1 rings (SSSR count). The molecule has 7 heteroatoms. The smallest absolute Gasteiger partial charge is 0.354 e. The highest BCUT2D eigenvalue weighted by Crippen LogP contribution is 2.28. The Morgan fingerprint density at radius 3 is 2.35 bits per heavy atom. The largest absolute Gasteiger partial charge is 0.506 e. The summed E-state index contributed by atoms with van der Waals surface area (Å²) in [7, 11) is 0. The number of amides is 1. The number of carbonyl (C=O) groups excluding carboxylic acids is 2. The number of phenols is 1. The van der Waals surface area contributed by atoms with Crippen molar-refractivity contribution in [3.63, 3.8) is 0 Å². The molecule has 0 aliphatic heterocycles. The Morgan fingerprint density at radius 2 is 1.90 bits per heavy atom. The highest BCUT2D eigenvalue weighted by atomic mass is 127.